The van der Waals surface area contributed by atoms with E-state index >= 15 is 0 Å². The van der Waals surface area contributed by atoms with Gasteiger partial charge in [-0.25, -0.2) is 0 Å². The Labute approximate surface area is 211 Å². The van der Waals surface area contributed by atoms with Crippen LogP contribution in [0.4, 0.5) is 0 Å². The molecule has 0 fully saturated rings. The smallest absolute Gasteiger partial charge is 0.120 e. The number of nitrogens with zero attached hydrogens (tertiary/aromatic N) is 2. The minimum Gasteiger partial charge on any atom is -0.491 e. The van der Waals surface area contributed by atoms with E-state index < -0.39 is 0 Å². The zero-order valence-electron chi connectivity index (χ0n) is 20.3. The van der Waals surface area contributed by atoms with E-state index in [9.17, 15) is 0 Å². The second kappa shape index (κ2) is 15.0. The van der Waals surface area contributed by atoms with Crippen molar-refractivity contribution in [3.63, 3.8) is 0 Å². The molecule has 190 valence electrons. The van der Waals surface area contributed by atoms with E-state index in [-0.39, 0.29) is 0 Å². The number of ether oxygens (including phenoxy) is 6. The Balaban J connectivity index is 0.911. The normalized spacial score (nSPS) is 11.2. The van der Waals surface area contributed by atoms with Gasteiger partial charge in [-0.15, -0.1) is 0 Å². The van der Waals surface area contributed by atoms with Gasteiger partial charge in [0.05, 0.1) is 63.9 Å². The third kappa shape index (κ3) is 8.73. The largest absolute Gasteiger partial charge is 0.491 e. The summed E-state index contributed by atoms with van der Waals surface area (Å²) in [7, 11) is 0. The number of pyridine rings is 2. The van der Waals surface area contributed by atoms with E-state index in [2.05, 4.69) is 9.97 Å². The van der Waals surface area contributed by atoms with Crippen LogP contribution in [-0.4, -0.2) is 76.0 Å². The fourth-order valence-electron chi connectivity index (χ4n) is 3.49. The van der Waals surface area contributed by atoms with Crippen LogP contribution in [0.15, 0.2) is 73.1 Å². The summed E-state index contributed by atoms with van der Waals surface area (Å²) in [6.07, 6.45) is 3.56. The standard InChI is InChI=1S/C28H32N2O6/c1-3-23-21-25(5-7-27(23)29-9-1)35-19-17-33-15-13-31-11-12-32-14-16-34-18-20-36-26-6-8-28-24(22-26)4-2-10-30-28/h1-10,21-22H,11-20H2. The Kier molecular flexibility index (Phi) is 10.7. The lowest BCUT2D eigenvalue weighted by atomic mass is 10.2. The molecule has 4 rings (SSSR count). The summed E-state index contributed by atoms with van der Waals surface area (Å²) < 4.78 is 33.5. The predicted octanol–water partition coefficient (Wildman–Crippen LogP) is 4.31. The highest BCUT2D eigenvalue weighted by atomic mass is 16.6. The molecule has 0 saturated carbocycles. The second-order valence-electron chi connectivity index (χ2n) is 7.86. The van der Waals surface area contributed by atoms with E-state index in [1.165, 1.54) is 0 Å². The van der Waals surface area contributed by atoms with Crippen molar-refractivity contribution in [1.82, 2.24) is 9.97 Å². The fraction of sp³-hybridized carbons (Fsp3) is 0.357. The third-order valence-corrected chi connectivity index (χ3v) is 5.26. The van der Waals surface area contributed by atoms with E-state index in [4.69, 9.17) is 28.4 Å². The Bertz CT molecular complexity index is 1100. The molecule has 0 bridgehead atoms. The number of hydrogen-bond donors (Lipinski definition) is 0. The van der Waals surface area contributed by atoms with Gasteiger partial charge in [-0.2, -0.15) is 0 Å². The minimum absolute atomic E-state index is 0.486. The SMILES string of the molecule is c1cnc2ccc(OCCOCCOCCOCCOCCOc3ccc4ncccc4c3)cc2c1. The van der Waals surface area contributed by atoms with E-state index in [1.807, 2.05) is 60.7 Å². The molecule has 0 N–H and O–H groups in total. The molecule has 8 nitrogen and oxygen atoms in total. The summed E-state index contributed by atoms with van der Waals surface area (Å²) in [5.41, 5.74) is 1.91. The zero-order chi connectivity index (χ0) is 24.7. The monoisotopic (exact) mass is 492 g/mol. The van der Waals surface area contributed by atoms with Crippen LogP contribution in [0, 0.1) is 0 Å². The number of fused-ring (bicyclic) bond motifs is 2. The van der Waals surface area contributed by atoms with Crippen molar-refractivity contribution in [3.8, 4) is 11.5 Å². The van der Waals surface area contributed by atoms with Gasteiger partial charge < -0.3 is 28.4 Å². The molecule has 0 aliphatic carbocycles. The van der Waals surface area contributed by atoms with Crippen molar-refractivity contribution in [1.29, 1.82) is 0 Å². The molecular formula is C28H32N2O6. The van der Waals surface area contributed by atoms with Crippen LogP contribution in [0.2, 0.25) is 0 Å². The molecule has 0 aliphatic rings. The molecule has 0 spiro atoms. The molecule has 8 heteroatoms. The predicted molar refractivity (Wildman–Crippen MR) is 138 cm³/mol. The van der Waals surface area contributed by atoms with Crippen molar-refractivity contribution in [2.45, 2.75) is 0 Å². The lowest BCUT2D eigenvalue weighted by Gasteiger charge is -2.09. The Morgan fingerprint density at radius 1 is 0.444 bits per heavy atom. The zero-order valence-corrected chi connectivity index (χ0v) is 20.3. The van der Waals surface area contributed by atoms with Gasteiger partial charge in [0.25, 0.3) is 0 Å². The minimum atomic E-state index is 0.486. The average molecular weight is 493 g/mol. The summed E-state index contributed by atoms with van der Waals surface area (Å²) >= 11 is 0. The van der Waals surface area contributed by atoms with Gasteiger partial charge >= 0.3 is 0 Å². The van der Waals surface area contributed by atoms with Gasteiger partial charge in [0, 0.05) is 23.2 Å². The first-order chi connectivity index (χ1) is 17.9. The molecular weight excluding hydrogens is 460 g/mol. The van der Waals surface area contributed by atoms with Crippen LogP contribution >= 0.6 is 0 Å². The Hall–Kier alpha value is -3.30. The second-order valence-corrected chi connectivity index (χ2v) is 7.86. The molecule has 0 saturated heterocycles. The van der Waals surface area contributed by atoms with Crippen molar-refractivity contribution < 1.29 is 28.4 Å². The molecule has 0 unspecified atom stereocenters. The number of benzene rings is 2. The first-order valence-electron chi connectivity index (χ1n) is 12.1. The molecule has 2 heterocycles. The molecule has 0 amide bonds. The van der Waals surface area contributed by atoms with Crippen molar-refractivity contribution >= 4 is 21.8 Å². The summed E-state index contributed by atoms with van der Waals surface area (Å²) in [5.74, 6) is 1.62. The maximum atomic E-state index is 5.72. The highest BCUT2D eigenvalue weighted by Gasteiger charge is 2.00. The van der Waals surface area contributed by atoms with Crippen LogP contribution < -0.4 is 9.47 Å². The van der Waals surface area contributed by atoms with Crippen molar-refractivity contribution in [3.05, 3.63) is 73.1 Å². The van der Waals surface area contributed by atoms with Gasteiger partial charge in [0.2, 0.25) is 0 Å². The fourth-order valence-corrected chi connectivity index (χ4v) is 3.49. The van der Waals surface area contributed by atoms with Gasteiger partial charge in [0.1, 0.15) is 24.7 Å². The van der Waals surface area contributed by atoms with Gasteiger partial charge in [-0.1, -0.05) is 12.1 Å². The number of aromatic nitrogens is 2. The molecule has 0 atom stereocenters. The van der Waals surface area contributed by atoms with Crippen LogP contribution in [0.3, 0.4) is 0 Å². The molecule has 0 radical (unpaired) electrons. The highest BCUT2D eigenvalue weighted by Crippen LogP contribution is 2.19. The first-order valence-corrected chi connectivity index (χ1v) is 12.1. The molecule has 36 heavy (non-hydrogen) atoms. The number of hydrogen-bond acceptors (Lipinski definition) is 8. The Morgan fingerprint density at radius 3 is 1.25 bits per heavy atom. The van der Waals surface area contributed by atoms with Crippen molar-refractivity contribution in [2.75, 3.05) is 66.1 Å². The lowest BCUT2D eigenvalue weighted by Crippen LogP contribution is -2.14. The van der Waals surface area contributed by atoms with Crippen LogP contribution in [-0.2, 0) is 18.9 Å². The van der Waals surface area contributed by atoms with Crippen LogP contribution in [0.25, 0.3) is 21.8 Å². The third-order valence-electron chi connectivity index (χ3n) is 5.26. The quantitative estimate of drug-likeness (QED) is 0.202. The van der Waals surface area contributed by atoms with E-state index in [1.54, 1.807) is 12.4 Å². The maximum absolute atomic E-state index is 5.72. The molecule has 0 aliphatic heterocycles. The highest BCUT2D eigenvalue weighted by molar-refractivity contribution is 5.80. The lowest BCUT2D eigenvalue weighted by molar-refractivity contribution is -0.00698. The molecule has 2 aromatic carbocycles. The molecule has 2 aromatic heterocycles. The van der Waals surface area contributed by atoms with Gasteiger partial charge in [-0.3, -0.25) is 9.97 Å². The topological polar surface area (TPSA) is 81.2 Å². The maximum Gasteiger partial charge on any atom is 0.120 e. The number of rotatable bonds is 17. The van der Waals surface area contributed by atoms with Crippen LogP contribution in [0.1, 0.15) is 0 Å². The summed E-state index contributed by atoms with van der Waals surface area (Å²) in [6, 6.07) is 19.6. The van der Waals surface area contributed by atoms with Crippen LogP contribution in [0.5, 0.6) is 11.5 Å². The average Bonchev–Trinajstić information content (AvgIpc) is 2.92. The summed E-state index contributed by atoms with van der Waals surface area (Å²) in [4.78, 5) is 8.60. The molecule has 4 aromatic rings. The Morgan fingerprint density at radius 2 is 0.833 bits per heavy atom. The summed E-state index contributed by atoms with van der Waals surface area (Å²) in [5, 5.41) is 2.12. The summed E-state index contributed by atoms with van der Waals surface area (Å²) in [6.45, 7) is 5.08. The van der Waals surface area contributed by atoms with Crippen molar-refractivity contribution in [2.24, 2.45) is 0 Å². The van der Waals surface area contributed by atoms with Gasteiger partial charge in [-0.05, 0) is 48.5 Å². The van der Waals surface area contributed by atoms with E-state index in [0.717, 1.165) is 33.3 Å². The first kappa shape index (κ1) is 25.8. The van der Waals surface area contributed by atoms with Gasteiger partial charge in [0.15, 0.2) is 0 Å². The van der Waals surface area contributed by atoms with E-state index in [0.29, 0.717) is 66.1 Å².